The van der Waals surface area contributed by atoms with Crippen LogP contribution in [0.3, 0.4) is 0 Å². The van der Waals surface area contributed by atoms with Gasteiger partial charge in [0, 0.05) is 54.8 Å². The first-order valence-corrected chi connectivity index (χ1v) is 9.37. The number of hydrogen-bond acceptors (Lipinski definition) is 6. The molecule has 1 N–H and O–H groups in total. The number of aliphatic hydroxyl groups is 1. The summed E-state index contributed by atoms with van der Waals surface area (Å²) >= 11 is 0. The fourth-order valence-corrected chi connectivity index (χ4v) is 4.20. The minimum Gasteiger partial charge on any atom is -0.390 e. The van der Waals surface area contributed by atoms with Crippen LogP contribution in [-0.4, -0.2) is 51.5 Å². The molecule has 2 saturated heterocycles. The first-order valence-electron chi connectivity index (χ1n) is 9.37. The Balaban J connectivity index is 1.67. The van der Waals surface area contributed by atoms with E-state index in [1.165, 1.54) is 0 Å². The molecule has 6 heteroatoms. The van der Waals surface area contributed by atoms with E-state index in [0.29, 0.717) is 19.6 Å². The molecule has 0 aromatic carbocycles. The van der Waals surface area contributed by atoms with Crippen molar-refractivity contribution in [2.45, 2.75) is 44.8 Å². The lowest BCUT2D eigenvalue weighted by Crippen LogP contribution is -2.52. The van der Waals surface area contributed by atoms with E-state index in [9.17, 15) is 5.11 Å². The average Bonchev–Trinajstić information content (AvgIpc) is 3.11. The lowest BCUT2D eigenvalue weighted by Gasteiger charge is -2.43. The molecule has 2 aromatic heterocycles. The fraction of sp³-hybridized carbons (Fsp3) is 0.550. The maximum atomic E-state index is 10.9. The second-order valence-corrected chi connectivity index (χ2v) is 7.62. The summed E-state index contributed by atoms with van der Waals surface area (Å²) in [5.74, 6) is 1.76. The zero-order valence-electron chi connectivity index (χ0n) is 15.4. The molecule has 0 radical (unpaired) electrons. The van der Waals surface area contributed by atoms with Crippen molar-refractivity contribution in [2.24, 2.45) is 5.92 Å². The van der Waals surface area contributed by atoms with Gasteiger partial charge in [0.15, 0.2) is 5.82 Å². The monoisotopic (exact) mass is 354 g/mol. The number of nitrogens with zero attached hydrogens (tertiary/aromatic N) is 4. The molecule has 2 aliphatic heterocycles. The molecular weight excluding hydrogens is 328 g/mol. The minimum atomic E-state index is -0.693. The summed E-state index contributed by atoms with van der Waals surface area (Å²) in [4.78, 5) is 15.9. The van der Waals surface area contributed by atoms with Crippen LogP contribution in [0.1, 0.15) is 31.9 Å². The van der Waals surface area contributed by atoms with Crippen LogP contribution in [-0.2, 0) is 4.74 Å². The Bertz CT molecular complexity index is 766. The van der Waals surface area contributed by atoms with Crippen molar-refractivity contribution in [3.63, 3.8) is 0 Å². The third-order valence-electron chi connectivity index (χ3n) is 5.69. The van der Waals surface area contributed by atoms with Gasteiger partial charge >= 0.3 is 0 Å². The van der Waals surface area contributed by atoms with Crippen LogP contribution in [0, 0.1) is 12.8 Å². The van der Waals surface area contributed by atoms with Gasteiger partial charge in [0.05, 0.1) is 12.2 Å². The Kier molecular flexibility index (Phi) is 4.63. The number of aromatic nitrogens is 3. The van der Waals surface area contributed by atoms with Crippen LogP contribution in [0.15, 0.2) is 30.6 Å². The SMILES string of the molecule is Cc1cc(N2CCC[C@@H]2[C@@H]2COCC[C@@]2(C)O)nc(-c2ccncc2)n1. The highest BCUT2D eigenvalue weighted by Gasteiger charge is 2.44. The van der Waals surface area contributed by atoms with Crippen LogP contribution in [0.5, 0.6) is 0 Å². The van der Waals surface area contributed by atoms with Crippen molar-refractivity contribution in [1.82, 2.24) is 15.0 Å². The molecule has 0 unspecified atom stereocenters. The summed E-state index contributed by atoms with van der Waals surface area (Å²) in [5, 5.41) is 10.9. The predicted octanol–water partition coefficient (Wildman–Crippen LogP) is 2.60. The van der Waals surface area contributed by atoms with Gasteiger partial charge < -0.3 is 14.7 Å². The van der Waals surface area contributed by atoms with Crippen molar-refractivity contribution in [1.29, 1.82) is 0 Å². The van der Waals surface area contributed by atoms with Gasteiger partial charge in [0.1, 0.15) is 5.82 Å². The van der Waals surface area contributed by atoms with Gasteiger partial charge in [0.2, 0.25) is 0 Å². The molecule has 4 heterocycles. The number of anilines is 1. The van der Waals surface area contributed by atoms with Gasteiger partial charge in [-0.05, 0) is 45.2 Å². The van der Waals surface area contributed by atoms with Crippen LogP contribution in [0.4, 0.5) is 5.82 Å². The van der Waals surface area contributed by atoms with E-state index in [1.807, 2.05) is 32.0 Å². The molecule has 2 aliphatic rings. The normalized spacial score (nSPS) is 29.1. The molecule has 3 atom stereocenters. The van der Waals surface area contributed by atoms with Crippen LogP contribution in [0.25, 0.3) is 11.4 Å². The van der Waals surface area contributed by atoms with Crippen molar-refractivity contribution in [3.05, 3.63) is 36.3 Å². The summed E-state index contributed by atoms with van der Waals surface area (Å²) in [6, 6.07) is 6.14. The second kappa shape index (κ2) is 6.93. The topological polar surface area (TPSA) is 71.4 Å². The maximum Gasteiger partial charge on any atom is 0.161 e. The molecule has 0 spiro atoms. The Morgan fingerprint density at radius 2 is 2.08 bits per heavy atom. The van der Waals surface area contributed by atoms with Gasteiger partial charge in [-0.15, -0.1) is 0 Å². The van der Waals surface area contributed by atoms with Crippen molar-refractivity contribution < 1.29 is 9.84 Å². The van der Waals surface area contributed by atoms with Gasteiger partial charge in [-0.3, -0.25) is 4.98 Å². The largest absolute Gasteiger partial charge is 0.390 e. The average molecular weight is 354 g/mol. The number of rotatable bonds is 3. The van der Waals surface area contributed by atoms with E-state index < -0.39 is 5.60 Å². The molecule has 0 aliphatic carbocycles. The summed E-state index contributed by atoms with van der Waals surface area (Å²) < 4.78 is 5.70. The number of hydrogen-bond donors (Lipinski definition) is 1. The van der Waals surface area contributed by atoms with Gasteiger partial charge in [0.25, 0.3) is 0 Å². The summed E-state index contributed by atoms with van der Waals surface area (Å²) in [6.07, 6.45) is 6.36. The molecule has 0 bridgehead atoms. The summed E-state index contributed by atoms with van der Waals surface area (Å²) in [6.45, 7) is 6.14. The standard InChI is InChI=1S/C20H26N4O2/c1-14-12-18(23-19(22-14)15-5-8-21-9-6-15)24-10-3-4-17(24)16-13-26-11-7-20(16,2)25/h5-6,8-9,12,16-17,25H,3-4,7,10-11,13H2,1-2H3/t16-,17+,20+/m0/s1. The molecule has 2 aromatic rings. The van der Waals surface area contributed by atoms with Gasteiger partial charge in [-0.2, -0.15) is 0 Å². The molecule has 2 fully saturated rings. The molecular formula is C20H26N4O2. The van der Waals surface area contributed by atoms with Crippen molar-refractivity contribution in [3.8, 4) is 11.4 Å². The molecule has 0 amide bonds. The van der Waals surface area contributed by atoms with Crippen LogP contribution >= 0.6 is 0 Å². The quantitative estimate of drug-likeness (QED) is 0.913. The van der Waals surface area contributed by atoms with Gasteiger partial charge in [-0.25, -0.2) is 9.97 Å². The van der Waals surface area contributed by atoms with Crippen LogP contribution in [0.2, 0.25) is 0 Å². The fourth-order valence-electron chi connectivity index (χ4n) is 4.20. The highest BCUT2D eigenvalue weighted by Crippen LogP contribution is 2.38. The van der Waals surface area contributed by atoms with Crippen molar-refractivity contribution >= 4 is 5.82 Å². The third kappa shape index (κ3) is 3.31. The number of ether oxygens (including phenoxy) is 1. The Morgan fingerprint density at radius 3 is 2.85 bits per heavy atom. The van der Waals surface area contributed by atoms with E-state index in [-0.39, 0.29) is 12.0 Å². The minimum absolute atomic E-state index is 0.0957. The molecule has 138 valence electrons. The predicted molar refractivity (Wildman–Crippen MR) is 99.9 cm³/mol. The molecule has 26 heavy (non-hydrogen) atoms. The Hall–Kier alpha value is -2.05. The highest BCUT2D eigenvalue weighted by atomic mass is 16.5. The summed E-state index contributed by atoms with van der Waals surface area (Å²) in [7, 11) is 0. The smallest absolute Gasteiger partial charge is 0.161 e. The first-order chi connectivity index (χ1) is 12.5. The number of aryl methyl sites for hydroxylation is 1. The summed E-state index contributed by atoms with van der Waals surface area (Å²) in [5.41, 5.74) is 1.22. The lowest BCUT2D eigenvalue weighted by atomic mass is 9.79. The van der Waals surface area contributed by atoms with E-state index in [1.54, 1.807) is 12.4 Å². The van der Waals surface area contributed by atoms with E-state index in [0.717, 1.165) is 42.3 Å². The molecule has 4 rings (SSSR count). The van der Waals surface area contributed by atoms with Crippen molar-refractivity contribution in [2.75, 3.05) is 24.7 Å². The second-order valence-electron chi connectivity index (χ2n) is 7.62. The Morgan fingerprint density at radius 1 is 1.27 bits per heavy atom. The maximum absolute atomic E-state index is 10.9. The highest BCUT2D eigenvalue weighted by molar-refractivity contribution is 5.57. The van der Waals surface area contributed by atoms with Gasteiger partial charge in [-0.1, -0.05) is 0 Å². The third-order valence-corrected chi connectivity index (χ3v) is 5.69. The van der Waals surface area contributed by atoms with Crippen LogP contribution < -0.4 is 4.90 Å². The number of pyridine rings is 1. The lowest BCUT2D eigenvalue weighted by molar-refractivity contribution is -0.108. The van der Waals surface area contributed by atoms with E-state index >= 15 is 0 Å². The Labute approximate surface area is 154 Å². The van der Waals surface area contributed by atoms with E-state index in [4.69, 9.17) is 9.72 Å². The molecule has 6 nitrogen and oxygen atoms in total. The van der Waals surface area contributed by atoms with E-state index in [2.05, 4.69) is 14.9 Å². The zero-order valence-corrected chi connectivity index (χ0v) is 15.4. The first kappa shape index (κ1) is 17.4. The zero-order chi connectivity index (χ0) is 18.1. The molecule has 0 saturated carbocycles.